The van der Waals surface area contributed by atoms with E-state index in [9.17, 15) is 23.1 Å². The second-order valence-electron chi connectivity index (χ2n) is 9.93. The van der Waals surface area contributed by atoms with E-state index in [1.165, 1.54) is 18.3 Å². The Hall–Kier alpha value is -4.00. The van der Waals surface area contributed by atoms with Crippen molar-refractivity contribution in [2.24, 2.45) is 7.05 Å². The van der Waals surface area contributed by atoms with Crippen molar-refractivity contribution < 1.29 is 23.1 Å². The van der Waals surface area contributed by atoms with Crippen molar-refractivity contribution in [2.75, 3.05) is 11.1 Å². The summed E-state index contributed by atoms with van der Waals surface area (Å²) >= 11 is 6.24. The number of aryl methyl sites for hydroxylation is 1. The molecule has 5 rings (SSSR count). The number of nitrogens with two attached hydrogens (primary N) is 1. The van der Waals surface area contributed by atoms with Crippen LogP contribution in [0.2, 0.25) is 5.02 Å². The van der Waals surface area contributed by atoms with Crippen LogP contribution in [-0.4, -0.2) is 42.9 Å². The molecule has 1 amide bonds. The number of alkyl halides is 3. The summed E-state index contributed by atoms with van der Waals surface area (Å²) in [6, 6.07) is 10.5. The summed E-state index contributed by atoms with van der Waals surface area (Å²) in [4.78, 5) is 17.4. The van der Waals surface area contributed by atoms with E-state index < -0.39 is 29.4 Å². The number of carbonyl (C=O) groups excluding carboxylic acids is 1. The lowest BCUT2D eigenvalue weighted by Crippen LogP contribution is -2.35. The van der Waals surface area contributed by atoms with Crippen LogP contribution in [0.3, 0.4) is 0 Å². The number of carbonyl (C=O) groups is 1. The molecule has 1 aliphatic carbocycles. The molecule has 0 bridgehead atoms. The Bertz CT molecular complexity index is 1590. The molecule has 41 heavy (non-hydrogen) atoms. The van der Waals surface area contributed by atoms with Gasteiger partial charge in [0, 0.05) is 36.4 Å². The van der Waals surface area contributed by atoms with Crippen LogP contribution in [0.25, 0.3) is 22.5 Å². The molecule has 0 spiro atoms. The number of nitrogens with zero attached hydrogens (tertiary/aromatic N) is 4. The van der Waals surface area contributed by atoms with Gasteiger partial charge in [-0.25, -0.2) is 0 Å². The quantitative estimate of drug-likeness (QED) is 0.223. The number of hydrogen-bond acceptors (Lipinski definition) is 7. The van der Waals surface area contributed by atoms with E-state index >= 15 is 0 Å². The summed E-state index contributed by atoms with van der Waals surface area (Å²) in [6.07, 6.45) is -0.135. The van der Waals surface area contributed by atoms with Gasteiger partial charge in [-0.15, -0.1) is 10.2 Å². The normalized spacial score (nSPS) is 17.1. The van der Waals surface area contributed by atoms with Gasteiger partial charge >= 0.3 is 6.18 Å². The summed E-state index contributed by atoms with van der Waals surface area (Å²) in [6.45, 7) is 0.0586. The third kappa shape index (κ3) is 6.19. The van der Waals surface area contributed by atoms with Crippen molar-refractivity contribution in [1.82, 2.24) is 25.1 Å². The van der Waals surface area contributed by atoms with E-state index in [-0.39, 0.29) is 29.5 Å². The summed E-state index contributed by atoms with van der Waals surface area (Å²) in [5.41, 5.74) is 6.23. The number of amides is 1. The van der Waals surface area contributed by atoms with E-state index in [2.05, 4.69) is 25.8 Å². The number of nitrogen functional groups attached to an aromatic ring is 1. The monoisotopic (exact) mass is 585 g/mol. The van der Waals surface area contributed by atoms with E-state index in [0.717, 1.165) is 18.9 Å². The number of rotatable bonds is 7. The number of aromatic nitrogens is 4. The largest absolute Gasteiger partial charge is 0.418 e. The molecular formula is C28H27ClF3N7O2. The first-order valence-electron chi connectivity index (χ1n) is 12.8. The standard InChI is InChI=1S/C28H27ClF3N7O2/c1-39-14-36-38-26(39)19-12-17(29)5-6-18(19)16-7-8-34-23(11-16)27(41)37-22-10-15(9-20(25(22)33)28(30,31)32)13-35-21-3-2-4-24(21)40/h5-12,14,21,24,35,40H,2-4,13,33H2,1H3,(H,37,41)/t21-,24+/m1/s1. The molecule has 1 fully saturated rings. The topological polar surface area (TPSA) is 131 Å². The van der Waals surface area contributed by atoms with E-state index in [0.29, 0.717) is 34.0 Å². The molecule has 1 saturated carbocycles. The second kappa shape index (κ2) is 11.5. The van der Waals surface area contributed by atoms with Crippen LogP contribution in [-0.2, 0) is 19.8 Å². The van der Waals surface area contributed by atoms with E-state index in [1.807, 2.05) is 0 Å². The average molecular weight is 586 g/mol. The molecule has 2 aromatic heterocycles. The van der Waals surface area contributed by atoms with Gasteiger partial charge in [-0.2, -0.15) is 13.2 Å². The van der Waals surface area contributed by atoms with E-state index in [1.54, 1.807) is 42.2 Å². The number of aliphatic hydroxyl groups is 1. The van der Waals surface area contributed by atoms with Crippen LogP contribution in [0.1, 0.15) is 40.9 Å². The number of benzene rings is 2. The third-order valence-corrected chi connectivity index (χ3v) is 7.31. The van der Waals surface area contributed by atoms with Crippen molar-refractivity contribution >= 4 is 28.9 Å². The lowest BCUT2D eigenvalue weighted by atomic mass is 9.99. The molecule has 1 aliphatic rings. The molecule has 4 aromatic rings. The molecule has 0 aliphatic heterocycles. The molecule has 13 heteroatoms. The van der Waals surface area contributed by atoms with Crippen LogP contribution in [0.15, 0.2) is 55.0 Å². The molecule has 2 aromatic carbocycles. The summed E-state index contributed by atoms with van der Waals surface area (Å²) < 4.78 is 43.2. The first-order chi connectivity index (χ1) is 19.5. The maximum absolute atomic E-state index is 13.8. The molecular weight excluding hydrogens is 559 g/mol. The molecule has 5 N–H and O–H groups in total. The van der Waals surface area contributed by atoms with Gasteiger partial charge in [0.1, 0.15) is 12.0 Å². The Morgan fingerprint density at radius 2 is 1.98 bits per heavy atom. The maximum Gasteiger partial charge on any atom is 0.418 e. The highest BCUT2D eigenvalue weighted by atomic mass is 35.5. The Balaban J connectivity index is 1.45. The van der Waals surface area contributed by atoms with Crippen molar-refractivity contribution in [3.05, 3.63) is 76.8 Å². The number of halogens is 4. The van der Waals surface area contributed by atoms with Crippen LogP contribution in [0.4, 0.5) is 24.5 Å². The molecule has 0 unspecified atom stereocenters. The summed E-state index contributed by atoms with van der Waals surface area (Å²) in [5, 5.41) is 24.2. The Labute approximate surface area is 238 Å². The Morgan fingerprint density at radius 3 is 2.66 bits per heavy atom. The molecule has 214 valence electrons. The predicted octanol–water partition coefficient (Wildman–Crippen LogP) is 5.05. The van der Waals surface area contributed by atoms with Gasteiger partial charge in [0.05, 0.1) is 23.0 Å². The first-order valence-corrected chi connectivity index (χ1v) is 13.2. The number of pyridine rings is 1. The third-order valence-electron chi connectivity index (χ3n) is 7.08. The lowest BCUT2D eigenvalue weighted by molar-refractivity contribution is -0.136. The SMILES string of the molecule is Cn1cnnc1-c1cc(Cl)ccc1-c1ccnc(C(=O)Nc2cc(CN[C@@H]3CCC[C@@H]3O)cc(C(F)(F)F)c2N)c1. The minimum Gasteiger partial charge on any atom is -0.397 e. The fourth-order valence-electron chi connectivity index (χ4n) is 4.97. The van der Waals surface area contributed by atoms with Crippen molar-refractivity contribution in [3.8, 4) is 22.5 Å². The second-order valence-corrected chi connectivity index (χ2v) is 10.4. The van der Waals surface area contributed by atoms with Gasteiger partial charge in [0.25, 0.3) is 5.91 Å². The fourth-order valence-corrected chi connectivity index (χ4v) is 5.14. The van der Waals surface area contributed by atoms with E-state index in [4.69, 9.17) is 17.3 Å². The molecule has 2 atom stereocenters. The number of anilines is 2. The molecule has 9 nitrogen and oxygen atoms in total. The number of nitrogens with one attached hydrogen (secondary N) is 2. The summed E-state index contributed by atoms with van der Waals surface area (Å²) in [5.74, 6) is -0.189. The minimum absolute atomic E-state index is 0.0353. The van der Waals surface area contributed by atoms with Crippen LogP contribution >= 0.6 is 11.6 Å². The Morgan fingerprint density at radius 1 is 1.17 bits per heavy atom. The van der Waals surface area contributed by atoms with Crippen molar-refractivity contribution in [1.29, 1.82) is 0 Å². The summed E-state index contributed by atoms with van der Waals surface area (Å²) in [7, 11) is 1.78. The zero-order valence-corrected chi connectivity index (χ0v) is 22.7. The zero-order chi connectivity index (χ0) is 29.3. The van der Waals surface area contributed by atoms with Gasteiger partial charge in [-0.05, 0) is 72.4 Å². The van der Waals surface area contributed by atoms with Gasteiger partial charge in [-0.1, -0.05) is 17.7 Å². The fraction of sp³-hybridized carbons (Fsp3) is 0.286. The van der Waals surface area contributed by atoms with Gasteiger partial charge in [0.2, 0.25) is 0 Å². The maximum atomic E-state index is 13.8. The van der Waals surface area contributed by atoms with Crippen molar-refractivity contribution in [2.45, 2.75) is 44.1 Å². The number of hydrogen-bond donors (Lipinski definition) is 4. The highest BCUT2D eigenvalue weighted by Crippen LogP contribution is 2.39. The molecule has 0 saturated heterocycles. The van der Waals surface area contributed by atoms with Crippen LogP contribution in [0.5, 0.6) is 0 Å². The van der Waals surface area contributed by atoms with Gasteiger partial charge in [-0.3, -0.25) is 9.78 Å². The first kappa shape index (κ1) is 28.5. The molecule has 2 heterocycles. The van der Waals surface area contributed by atoms with Crippen molar-refractivity contribution in [3.63, 3.8) is 0 Å². The molecule has 0 radical (unpaired) electrons. The smallest absolute Gasteiger partial charge is 0.397 e. The highest BCUT2D eigenvalue weighted by Gasteiger charge is 2.35. The lowest BCUT2D eigenvalue weighted by Gasteiger charge is -2.20. The minimum atomic E-state index is -4.74. The van der Waals surface area contributed by atoms with Gasteiger partial charge in [0.15, 0.2) is 5.82 Å². The van der Waals surface area contributed by atoms with Crippen LogP contribution in [0, 0.1) is 0 Å². The number of aliphatic hydroxyl groups excluding tert-OH is 1. The Kier molecular flexibility index (Phi) is 7.98. The van der Waals surface area contributed by atoms with Crippen LogP contribution < -0.4 is 16.4 Å². The predicted molar refractivity (Wildman–Crippen MR) is 149 cm³/mol. The zero-order valence-electron chi connectivity index (χ0n) is 21.9. The van der Waals surface area contributed by atoms with Gasteiger partial charge < -0.3 is 26.0 Å². The average Bonchev–Trinajstić information content (AvgIpc) is 3.55. The highest BCUT2D eigenvalue weighted by molar-refractivity contribution is 6.31.